The van der Waals surface area contributed by atoms with E-state index < -0.39 is 0 Å². The van der Waals surface area contributed by atoms with Gasteiger partial charge in [0, 0.05) is 27.4 Å². The highest BCUT2D eigenvalue weighted by atomic mass is 35.5. The molecule has 0 radical (unpaired) electrons. The van der Waals surface area contributed by atoms with Crippen molar-refractivity contribution in [1.82, 2.24) is 4.98 Å². The molecule has 118 valence electrons. The second-order valence-electron chi connectivity index (χ2n) is 5.20. The number of halogens is 1. The lowest BCUT2D eigenvalue weighted by Gasteiger charge is -2.02. The molecule has 0 unspecified atom stereocenters. The molecular formula is C17H15ClN2OS2. The number of anilines is 1. The molecule has 3 nitrogen and oxygen atoms in total. The maximum atomic E-state index is 12.0. The number of benzene rings is 1. The van der Waals surface area contributed by atoms with Crippen LogP contribution in [0.2, 0.25) is 5.02 Å². The molecule has 3 aromatic rings. The molecule has 0 saturated heterocycles. The highest BCUT2D eigenvalue weighted by molar-refractivity contribution is 7.15. The van der Waals surface area contributed by atoms with E-state index in [0.29, 0.717) is 11.6 Å². The van der Waals surface area contributed by atoms with Crippen LogP contribution < -0.4 is 5.32 Å². The summed E-state index contributed by atoms with van der Waals surface area (Å²) in [5.74, 6) is -0.0354. The van der Waals surface area contributed by atoms with Crippen LogP contribution in [0.25, 0.3) is 0 Å². The number of hydrogen-bond acceptors (Lipinski definition) is 4. The van der Waals surface area contributed by atoms with Crippen molar-refractivity contribution in [1.29, 1.82) is 0 Å². The summed E-state index contributed by atoms with van der Waals surface area (Å²) in [7, 11) is 0. The Morgan fingerprint density at radius 3 is 2.91 bits per heavy atom. The van der Waals surface area contributed by atoms with Crippen LogP contribution in [0.5, 0.6) is 0 Å². The highest BCUT2D eigenvalue weighted by Gasteiger charge is 2.09. The predicted molar refractivity (Wildman–Crippen MR) is 97.8 cm³/mol. The number of aryl methyl sites for hydroxylation is 1. The lowest BCUT2D eigenvalue weighted by atomic mass is 10.1. The van der Waals surface area contributed by atoms with Gasteiger partial charge >= 0.3 is 0 Å². The van der Waals surface area contributed by atoms with Crippen molar-refractivity contribution < 1.29 is 4.79 Å². The third-order valence-corrected chi connectivity index (χ3v) is 5.53. The van der Waals surface area contributed by atoms with E-state index in [9.17, 15) is 4.79 Å². The number of nitrogens with zero attached hydrogens (tertiary/aromatic N) is 1. The molecule has 1 amide bonds. The third-order valence-electron chi connectivity index (χ3n) is 3.33. The Balaban J connectivity index is 1.61. The Hall–Kier alpha value is -1.69. The Bertz CT molecular complexity index is 812. The average Bonchev–Trinajstić information content (AvgIpc) is 3.15. The number of hydrogen-bond donors (Lipinski definition) is 1. The van der Waals surface area contributed by atoms with Crippen molar-refractivity contribution in [2.24, 2.45) is 0 Å². The number of rotatable bonds is 5. The van der Waals surface area contributed by atoms with E-state index in [0.717, 1.165) is 32.3 Å². The number of nitrogens with one attached hydrogen (secondary N) is 1. The summed E-state index contributed by atoms with van der Waals surface area (Å²) in [6, 6.07) is 9.96. The summed E-state index contributed by atoms with van der Waals surface area (Å²) in [4.78, 5) is 18.4. The molecule has 1 aromatic carbocycles. The standard InChI is InChI=1S/C17H15ClN2OS2/c1-11-4-5-12(8-15(11)18)7-14-10-19-17(23-14)20-16(21)9-13-3-2-6-22-13/h2-6,8,10H,7,9H2,1H3,(H,19,20,21). The summed E-state index contributed by atoms with van der Waals surface area (Å²) in [5, 5.41) is 6.24. The first-order valence-electron chi connectivity index (χ1n) is 7.12. The lowest BCUT2D eigenvalue weighted by Crippen LogP contribution is -2.13. The first kappa shape index (κ1) is 16.2. The van der Waals surface area contributed by atoms with Crippen molar-refractivity contribution in [3.8, 4) is 0 Å². The Kier molecular flexibility index (Phi) is 5.10. The maximum Gasteiger partial charge on any atom is 0.231 e. The zero-order valence-electron chi connectivity index (χ0n) is 12.5. The number of carbonyl (C=O) groups excluding carboxylic acids is 1. The topological polar surface area (TPSA) is 42.0 Å². The van der Waals surface area contributed by atoms with Gasteiger partial charge in [-0.2, -0.15) is 0 Å². The highest BCUT2D eigenvalue weighted by Crippen LogP contribution is 2.24. The Labute approximate surface area is 148 Å². The first-order valence-corrected chi connectivity index (χ1v) is 9.19. The summed E-state index contributed by atoms with van der Waals surface area (Å²) in [5.41, 5.74) is 2.21. The minimum Gasteiger partial charge on any atom is -0.302 e. The smallest absolute Gasteiger partial charge is 0.231 e. The van der Waals surface area contributed by atoms with Crippen LogP contribution in [-0.2, 0) is 17.6 Å². The van der Waals surface area contributed by atoms with E-state index in [1.54, 1.807) is 17.5 Å². The van der Waals surface area contributed by atoms with Gasteiger partial charge in [0.2, 0.25) is 5.91 Å². The molecule has 3 rings (SSSR count). The number of carbonyl (C=O) groups is 1. The van der Waals surface area contributed by atoms with Crippen LogP contribution in [0, 0.1) is 6.92 Å². The fourth-order valence-electron chi connectivity index (χ4n) is 2.13. The molecule has 23 heavy (non-hydrogen) atoms. The zero-order chi connectivity index (χ0) is 16.2. The molecule has 2 heterocycles. The van der Waals surface area contributed by atoms with Crippen LogP contribution in [0.15, 0.2) is 41.9 Å². The van der Waals surface area contributed by atoms with Gasteiger partial charge in [-0.1, -0.05) is 29.8 Å². The third kappa shape index (κ3) is 4.41. The number of amides is 1. The zero-order valence-corrected chi connectivity index (χ0v) is 14.9. The van der Waals surface area contributed by atoms with Gasteiger partial charge < -0.3 is 5.32 Å². The molecule has 0 fully saturated rings. The van der Waals surface area contributed by atoms with Crippen LogP contribution in [0.4, 0.5) is 5.13 Å². The Morgan fingerprint density at radius 2 is 2.17 bits per heavy atom. The van der Waals surface area contributed by atoms with Gasteiger partial charge in [0.05, 0.1) is 6.42 Å². The van der Waals surface area contributed by atoms with Crippen molar-refractivity contribution in [2.45, 2.75) is 19.8 Å². The molecule has 0 atom stereocenters. The molecule has 1 N–H and O–H groups in total. The van der Waals surface area contributed by atoms with Gasteiger partial charge in [-0.25, -0.2) is 4.98 Å². The van der Waals surface area contributed by atoms with Gasteiger partial charge in [-0.05, 0) is 35.6 Å². The van der Waals surface area contributed by atoms with Crippen molar-refractivity contribution in [3.05, 3.63) is 67.8 Å². The normalized spacial score (nSPS) is 10.7. The average molecular weight is 363 g/mol. The van der Waals surface area contributed by atoms with E-state index >= 15 is 0 Å². The van der Waals surface area contributed by atoms with Crippen LogP contribution in [-0.4, -0.2) is 10.9 Å². The molecule has 0 bridgehead atoms. The summed E-state index contributed by atoms with van der Waals surface area (Å²) in [6.45, 7) is 1.99. The molecular weight excluding hydrogens is 348 g/mol. The number of thiazole rings is 1. The molecule has 0 aliphatic carbocycles. The van der Waals surface area contributed by atoms with Crippen LogP contribution in [0.3, 0.4) is 0 Å². The molecule has 0 spiro atoms. The SMILES string of the molecule is Cc1ccc(Cc2cnc(NC(=O)Cc3cccs3)s2)cc1Cl. The number of thiophene rings is 1. The van der Waals surface area contributed by atoms with Gasteiger partial charge in [0.1, 0.15) is 0 Å². The van der Waals surface area contributed by atoms with Gasteiger partial charge in [-0.15, -0.1) is 22.7 Å². The van der Waals surface area contributed by atoms with Gasteiger partial charge in [-0.3, -0.25) is 4.79 Å². The summed E-state index contributed by atoms with van der Waals surface area (Å²) < 4.78 is 0. The minimum atomic E-state index is -0.0354. The van der Waals surface area contributed by atoms with Gasteiger partial charge in [0.25, 0.3) is 0 Å². The van der Waals surface area contributed by atoms with E-state index in [2.05, 4.69) is 16.4 Å². The largest absolute Gasteiger partial charge is 0.302 e. The molecule has 2 aromatic heterocycles. The summed E-state index contributed by atoms with van der Waals surface area (Å²) in [6.07, 6.45) is 2.96. The van der Waals surface area contributed by atoms with E-state index in [-0.39, 0.29) is 5.91 Å². The van der Waals surface area contributed by atoms with Crippen molar-refractivity contribution >= 4 is 45.3 Å². The Morgan fingerprint density at radius 1 is 1.30 bits per heavy atom. The van der Waals surface area contributed by atoms with E-state index in [1.165, 1.54) is 11.3 Å². The number of aromatic nitrogens is 1. The molecule has 0 aliphatic rings. The van der Waals surface area contributed by atoms with E-state index in [1.807, 2.05) is 36.6 Å². The monoisotopic (exact) mass is 362 g/mol. The molecule has 6 heteroatoms. The lowest BCUT2D eigenvalue weighted by molar-refractivity contribution is -0.115. The van der Waals surface area contributed by atoms with Crippen molar-refractivity contribution in [3.63, 3.8) is 0 Å². The second kappa shape index (κ2) is 7.25. The molecule has 0 saturated carbocycles. The van der Waals surface area contributed by atoms with E-state index in [4.69, 9.17) is 11.6 Å². The van der Waals surface area contributed by atoms with Crippen LogP contribution >= 0.6 is 34.3 Å². The minimum absolute atomic E-state index is 0.0354. The van der Waals surface area contributed by atoms with Crippen molar-refractivity contribution in [2.75, 3.05) is 5.32 Å². The maximum absolute atomic E-state index is 12.0. The first-order chi connectivity index (χ1) is 11.1. The fourth-order valence-corrected chi connectivity index (χ4v) is 3.90. The second-order valence-corrected chi connectivity index (χ2v) is 7.75. The van der Waals surface area contributed by atoms with Crippen LogP contribution in [0.1, 0.15) is 20.9 Å². The predicted octanol–water partition coefficient (Wildman–Crippen LogP) is 4.94. The quantitative estimate of drug-likeness (QED) is 0.698. The summed E-state index contributed by atoms with van der Waals surface area (Å²) >= 11 is 9.23. The van der Waals surface area contributed by atoms with Gasteiger partial charge in [0.15, 0.2) is 5.13 Å². The molecule has 0 aliphatic heterocycles. The fraction of sp³-hybridized carbons (Fsp3) is 0.176.